The molecule has 0 radical (unpaired) electrons. The van der Waals surface area contributed by atoms with Gasteiger partial charge in [-0.1, -0.05) is 0 Å². The molecule has 17 heavy (non-hydrogen) atoms. The molecule has 0 fully saturated rings. The Kier molecular flexibility index (Phi) is 5.96. The highest BCUT2D eigenvalue weighted by atomic mass is 127. The molecule has 4 nitrogen and oxygen atoms in total. The van der Waals surface area contributed by atoms with Crippen LogP contribution in [0.1, 0.15) is 29.6 Å². The number of hydrogen-bond acceptors (Lipinski definition) is 2. The smallest absolute Gasteiger partial charge is 0.303 e. The van der Waals surface area contributed by atoms with Crippen LogP contribution in [0.3, 0.4) is 0 Å². The van der Waals surface area contributed by atoms with E-state index in [9.17, 15) is 9.59 Å². The van der Waals surface area contributed by atoms with E-state index in [4.69, 9.17) is 5.11 Å². The van der Waals surface area contributed by atoms with Crippen molar-refractivity contribution in [3.05, 3.63) is 33.4 Å². The summed E-state index contributed by atoms with van der Waals surface area (Å²) in [6.07, 6.45) is 1.42. The summed E-state index contributed by atoms with van der Waals surface area (Å²) in [7, 11) is 0. The largest absolute Gasteiger partial charge is 0.481 e. The zero-order chi connectivity index (χ0) is 12.7. The topological polar surface area (TPSA) is 66.4 Å². The Balaban J connectivity index is 2.25. The predicted molar refractivity (Wildman–Crippen MR) is 73.0 cm³/mol. The molecule has 2 N–H and O–H groups in total. The third-order valence-electron chi connectivity index (χ3n) is 2.21. The zero-order valence-corrected chi connectivity index (χ0v) is 11.4. The van der Waals surface area contributed by atoms with Crippen LogP contribution in [0.2, 0.25) is 0 Å². The van der Waals surface area contributed by atoms with Crippen molar-refractivity contribution < 1.29 is 14.7 Å². The second-order valence-electron chi connectivity index (χ2n) is 3.61. The number of rotatable bonds is 6. The number of hydrogen-bond donors (Lipinski definition) is 2. The molecule has 1 aromatic carbocycles. The van der Waals surface area contributed by atoms with E-state index in [0.29, 0.717) is 24.9 Å². The minimum absolute atomic E-state index is 0.114. The van der Waals surface area contributed by atoms with Crippen molar-refractivity contribution in [2.24, 2.45) is 0 Å². The quantitative estimate of drug-likeness (QED) is 0.613. The van der Waals surface area contributed by atoms with Gasteiger partial charge in [-0.2, -0.15) is 0 Å². The van der Waals surface area contributed by atoms with Crippen LogP contribution in [0.5, 0.6) is 0 Å². The molecule has 1 amide bonds. The standard InChI is InChI=1S/C12H14INO3/c13-10-6-4-9(5-7-10)12(17)14-8-2-1-3-11(15)16/h4-7H,1-3,8H2,(H,14,17)(H,15,16). The van der Waals surface area contributed by atoms with Crippen LogP contribution < -0.4 is 5.32 Å². The van der Waals surface area contributed by atoms with Crippen LogP contribution in [0.4, 0.5) is 0 Å². The van der Waals surface area contributed by atoms with Crippen LogP contribution in [0.15, 0.2) is 24.3 Å². The molecule has 0 heterocycles. The second-order valence-corrected chi connectivity index (χ2v) is 4.86. The zero-order valence-electron chi connectivity index (χ0n) is 9.28. The fourth-order valence-electron chi connectivity index (χ4n) is 1.31. The number of carbonyl (C=O) groups excluding carboxylic acids is 1. The predicted octanol–water partition coefficient (Wildman–Crippen LogP) is 2.28. The number of halogens is 1. The lowest BCUT2D eigenvalue weighted by Gasteiger charge is -2.04. The van der Waals surface area contributed by atoms with Crippen LogP contribution in [-0.2, 0) is 4.79 Å². The normalized spacial score (nSPS) is 9.94. The Morgan fingerprint density at radius 2 is 1.82 bits per heavy atom. The van der Waals surface area contributed by atoms with Crippen molar-refractivity contribution in [2.45, 2.75) is 19.3 Å². The lowest BCUT2D eigenvalue weighted by molar-refractivity contribution is -0.137. The van der Waals surface area contributed by atoms with E-state index >= 15 is 0 Å². The summed E-state index contributed by atoms with van der Waals surface area (Å²) in [5.74, 6) is -0.911. The lowest BCUT2D eigenvalue weighted by atomic mass is 10.2. The number of amides is 1. The van der Waals surface area contributed by atoms with Crippen molar-refractivity contribution in [3.8, 4) is 0 Å². The van der Waals surface area contributed by atoms with Crippen LogP contribution in [0.25, 0.3) is 0 Å². The molecule has 1 aromatic rings. The first-order valence-electron chi connectivity index (χ1n) is 5.35. The van der Waals surface area contributed by atoms with Gasteiger partial charge in [0.1, 0.15) is 0 Å². The molecule has 5 heteroatoms. The highest BCUT2D eigenvalue weighted by molar-refractivity contribution is 14.1. The molecule has 0 bridgehead atoms. The van der Waals surface area contributed by atoms with Gasteiger partial charge in [-0.05, 0) is 59.7 Å². The van der Waals surface area contributed by atoms with E-state index in [1.807, 2.05) is 12.1 Å². The Labute approximate surface area is 114 Å². The third kappa shape index (κ3) is 5.67. The number of unbranched alkanes of at least 4 members (excludes halogenated alkanes) is 1. The highest BCUT2D eigenvalue weighted by Crippen LogP contribution is 2.06. The molecule has 0 aromatic heterocycles. The number of carboxylic acids is 1. The fourth-order valence-corrected chi connectivity index (χ4v) is 1.67. The summed E-state index contributed by atoms with van der Waals surface area (Å²) in [6.45, 7) is 0.512. The van der Waals surface area contributed by atoms with Crippen molar-refractivity contribution in [2.75, 3.05) is 6.54 Å². The van der Waals surface area contributed by atoms with E-state index in [-0.39, 0.29) is 12.3 Å². The van der Waals surface area contributed by atoms with Gasteiger partial charge in [-0.15, -0.1) is 0 Å². The first-order chi connectivity index (χ1) is 8.09. The van der Waals surface area contributed by atoms with E-state index in [1.54, 1.807) is 12.1 Å². The molecule has 0 saturated heterocycles. The van der Waals surface area contributed by atoms with E-state index in [1.165, 1.54) is 0 Å². The SMILES string of the molecule is O=C(O)CCCCNC(=O)c1ccc(I)cc1. The van der Waals surface area contributed by atoms with Crippen molar-refractivity contribution >= 4 is 34.5 Å². The van der Waals surface area contributed by atoms with E-state index in [0.717, 1.165) is 3.57 Å². The molecule has 0 aliphatic carbocycles. The summed E-state index contributed by atoms with van der Waals surface area (Å²) >= 11 is 2.18. The Morgan fingerprint density at radius 1 is 1.18 bits per heavy atom. The lowest BCUT2D eigenvalue weighted by Crippen LogP contribution is -2.24. The molecule has 0 unspecified atom stereocenters. The monoisotopic (exact) mass is 347 g/mol. The summed E-state index contributed by atoms with van der Waals surface area (Å²) in [5, 5.41) is 11.2. The summed E-state index contributed by atoms with van der Waals surface area (Å²) in [6, 6.07) is 7.29. The molecular weight excluding hydrogens is 333 g/mol. The number of nitrogens with one attached hydrogen (secondary N) is 1. The number of aliphatic carboxylic acids is 1. The van der Waals surface area contributed by atoms with Crippen molar-refractivity contribution in [1.29, 1.82) is 0 Å². The minimum atomic E-state index is -0.797. The summed E-state index contributed by atoms with van der Waals surface area (Å²) < 4.78 is 1.08. The van der Waals surface area contributed by atoms with Gasteiger partial charge in [0.15, 0.2) is 0 Å². The maximum Gasteiger partial charge on any atom is 0.303 e. The van der Waals surface area contributed by atoms with E-state index in [2.05, 4.69) is 27.9 Å². The number of benzene rings is 1. The van der Waals surface area contributed by atoms with Gasteiger partial charge in [0.05, 0.1) is 0 Å². The average Bonchev–Trinajstić information content (AvgIpc) is 2.29. The molecule has 0 aliphatic heterocycles. The molecule has 1 rings (SSSR count). The summed E-state index contributed by atoms with van der Waals surface area (Å²) in [4.78, 5) is 21.9. The maximum atomic E-state index is 11.6. The highest BCUT2D eigenvalue weighted by Gasteiger charge is 2.04. The number of carboxylic acid groups (broad SMARTS) is 1. The first-order valence-corrected chi connectivity index (χ1v) is 6.43. The summed E-state index contributed by atoms with van der Waals surface area (Å²) in [5.41, 5.74) is 0.628. The van der Waals surface area contributed by atoms with Gasteiger partial charge >= 0.3 is 5.97 Å². The van der Waals surface area contributed by atoms with Gasteiger partial charge < -0.3 is 10.4 Å². The van der Waals surface area contributed by atoms with Crippen LogP contribution >= 0.6 is 22.6 Å². The molecule has 0 spiro atoms. The Bertz CT molecular complexity index is 389. The second kappa shape index (κ2) is 7.26. The molecule has 92 valence electrons. The first kappa shape index (κ1) is 14.0. The fraction of sp³-hybridized carbons (Fsp3) is 0.333. The molecule has 0 aliphatic rings. The van der Waals surface area contributed by atoms with Crippen LogP contribution in [-0.4, -0.2) is 23.5 Å². The van der Waals surface area contributed by atoms with Crippen LogP contribution in [0, 0.1) is 3.57 Å². The van der Waals surface area contributed by atoms with Gasteiger partial charge in [0.25, 0.3) is 5.91 Å². The molecule has 0 saturated carbocycles. The Hall–Kier alpha value is -1.11. The van der Waals surface area contributed by atoms with Gasteiger partial charge in [0, 0.05) is 22.1 Å². The van der Waals surface area contributed by atoms with Crippen molar-refractivity contribution in [3.63, 3.8) is 0 Å². The van der Waals surface area contributed by atoms with Crippen molar-refractivity contribution in [1.82, 2.24) is 5.32 Å². The molecule has 0 atom stereocenters. The number of carbonyl (C=O) groups is 2. The van der Waals surface area contributed by atoms with Gasteiger partial charge in [0.2, 0.25) is 0 Å². The van der Waals surface area contributed by atoms with Gasteiger partial charge in [-0.25, -0.2) is 0 Å². The Morgan fingerprint density at radius 3 is 2.41 bits per heavy atom. The third-order valence-corrected chi connectivity index (χ3v) is 2.93. The average molecular weight is 347 g/mol. The maximum absolute atomic E-state index is 11.6. The molecular formula is C12H14INO3. The minimum Gasteiger partial charge on any atom is -0.481 e. The van der Waals surface area contributed by atoms with E-state index < -0.39 is 5.97 Å². The van der Waals surface area contributed by atoms with Gasteiger partial charge in [-0.3, -0.25) is 9.59 Å².